The highest BCUT2D eigenvalue weighted by Gasteiger charge is 2.14. The van der Waals surface area contributed by atoms with E-state index in [1.54, 1.807) is 6.07 Å². The number of halogens is 2. The fraction of sp³-hybridized carbons (Fsp3) is 0.294. The van der Waals surface area contributed by atoms with E-state index >= 15 is 0 Å². The monoisotopic (exact) mass is 323 g/mol. The molecule has 0 aliphatic carbocycles. The molecule has 0 aliphatic heterocycles. The van der Waals surface area contributed by atoms with Crippen LogP contribution in [-0.2, 0) is 6.54 Å². The number of rotatable bonds is 4. The van der Waals surface area contributed by atoms with E-state index < -0.39 is 0 Å². The zero-order valence-electron chi connectivity index (χ0n) is 12.4. The topological polar surface area (TPSA) is 21.3 Å². The standard InChI is InChI=1S/C17H19Cl2NO/c1-17(2,3)20-11-12-7-6-9-14(19)16(12)21-15-10-5-4-8-13(15)18/h4-10,20H,11H2,1-3H3. The predicted molar refractivity (Wildman–Crippen MR) is 89.6 cm³/mol. The molecule has 2 aromatic carbocycles. The van der Waals surface area contributed by atoms with Crippen LogP contribution in [0.3, 0.4) is 0 Å². The van der Waals surface area contributed by atoms with Crippen LogP contribution in [0.1, 0.15) is 26.3 Å². The average molecular weight is 324 g/mol. The lowest BCUT2D eigenvalue weighted by molar-refractivity contribution is 0.414. The summed E-state index contributed by atoms with van der Waals surface area (Å²) in [6, 6.07) is 13.1. The molecule has 112 valence electrons. The van der Waals surface area contributed by atoms with Gasteiger partial charge in [0.25, 0.3) is 0 Å². The van der Waals surface area contributed by atoms with Crippen molar-refractivity contribution in [3.63, 3.8) is 0 Å². The van der Waals surface area contributed by atoms with Gasteiger partial charge in [-0.3, -0.25) is 0 Å². The van der Waals surface area contributed by atoms with E-state index in [9.17, 15) is 0 Å². The van der Waals surface area contributed by atoms with E-state index in [4.69, 9.17) is 27.9 Å². The smallest absolute Gasteiger partial charge is 0.150 e. The molecular weight excluding hydrogens is 305 g/mol. The van der Waals surface area contributed by atoms with Crippen molar-refractivity contribution in [3.8, 4) is 11.5 Å². The molecule has 0 spiro atoms. The molecular formula is C17H19Cl2NO. The maximum atomic E-state index is 6.29. The first kappa shape index (κ1) is 16.2. The van der Waals surface area contributed by atoms with Crippen molar-refractivity contribution < 1.29 is 4.74 Å². The first-order valence-corrected chi connectivity index (χ1v) is 7.57. The molecule has 0 unspecified atom stereocenters. The minimum absolute atomic E-state index is 0.0178. The van der Waals surface area contributed by atoms with Gasteiger partial charge < -0.3 is 10.1 Å². The van der Waals surface area contributed by atoms with Crippen LogP contribution in [0.4, 0.5) is 0 Å². The SMILES string of the molecule is CC(C)(C)NCc1cccc(Cl)c1Oc1ccccc1Cl. The third-order valence-electron chi connectivity index (χ3n) is 2.91. The van der Waals surface area contributed by atoms with Gasteiger partial charge in [0.2, 0.25) is 0 Å². The van der Waals surface area contributed by atoms with Gasteiger partial charge in [-0.25, -0.2) is 0 Å². The van der Waals surface area contributed by atoms with Crippen LogP contribution in [0.15, 0.2) is 42.5 Å². The lowest BCUT2D eigenvalue weighted by Crippen LogP contribution is -2.35. The molecule has 1 N–H and O–H groups in total. The molecule has 0 amide bonds. The van der Waals surface area contributed by atoms with Gasteiger partial charge in [-0.15, -0.1) is 0 Å². The van der Waals surface area contributed by atoms with E-state index in [0.29, 0.717) is 28.1 Å². The Morgan fingerprint density at radius 1 is 0.952 bits per heavy atom. The lowest BCUT2D eigenvalue weighted by Gasteiger charge is -2.22. The van der Waals surface area contributed by atoms with Crippen LogP contribution in [0.5, 0.6) is 11.5 Å². The molecule has 21 heavy (non-hydrogen) atoms. The van der Waals surface area contributed by atoms with Gasteiger partial charge in [-0.2, -0.15) is 0 Å². The Bertz CT molecular complexity index is 620. The fourth-order valence-electron chi connectivity index (χ4n) is 1.80. The summed E-state index contributed by atoms with van der Waals surface area (Å²) in [6.45, 7) is 7.02. The van der Waals surface area contributed by atoms with Crippen molar-refractivity contribution in [2.75, 3.05) is 0 Å². The van der Waals surface area contributed by atoms with E-state index in [0.717, 1.165) is 5.56 Å². The summed E-state index contributed by atoms with van der Waals surface area (Å²) in [4.78, 5) is 0. The molecule has 0 bridgehead atoms. The summed E-state index contributed by atoms with van der Waals surface area (Å²) in [6.07, 6.45) is 0. The summed E-state index contributed by atoms with van der Waals surface area (Å²) in [7, 11) is 0. The van der Waals surface area contributed by atoms with E-state index in [1.807, 2.05) is 36.4 Å². The average Bonchev–Trinajstić information content (AvgIpc) is 2.41. The lowest BCUT2D eigenvalue weighted by atomic mass is 10.1. The Balaban J connectivity index is 2.28. The first-order valence-electron chi connectivity index (χ1n) is 6.81. The Kier molecular flexibility index (Phi) is 5.15. The second-order valence-corrected chi connectivity index (χ2v) is 6.68. The molecule has 0 heterocycles. The molecule has 0 atom stereocenters. The summed E-state index contributed by atoms with van der Waals surface area (Å²) in [5, 5.41) is 4.57. The number of hydrogen-bond acceptors (Lipinski definition) is 2. The molecule has 2 aromatic rings. The van der Waals surface area contributed by atoms with Crippen LogP contribution >= 0.6 is 23.2 Å². The van der Waals surface area contributed by atoms with Gasteiger partial charge >= 0.3 is 0 Å². The molecule has 0 aliphatic rings. The predicted octanol–water partition coefficient (Wildman–Crippen LogP) is 5.67. The summed E-state index contributed by atoms with van der Waals surface area (Å²) in [5.74, 6) is 1.24. The molecule has 2 rings (SSSR count). The summed E-state index contributed by atoms with van der Waals surface area (Å²) in [5.41, 5.74) is 1.02. The van der Waals surface area contributed by atoms with Crippen molar-refractivity contribution in [2.24, 2.45) is 0 Å². The largest absolute Gasteiger partial charge is 0.454 e. The number of ether oxygens (including phenoxy) is 1. The van der Waals surface area contributed by atoms with Crippen molar-refractivity contribution in [1.82, 2.24) is 5.32 Å². The molecule has 0 saturated carbocycles. The highest BCUT2D eigenvalue weighted by atomic mass is 35.5. The zero-order chi connectivity index (χ0) is 15.5. The van der Waals surface area contributed by atoms with Crippen LogP contribution < -0.4 is 10.1 Å². The first-order chi connectivity index (χ1) is 9.87. The Labute approximate surface area is 136 Å². The zero-order valence-corrected chi connectivity index (χ0v) is 13.9. The summed E-state index contributed by atoms with van der Waals surface area (Å²) >= 11 is 12.4. The van der Waals surface area contributed by atoms with Gasteiger partial charge in [0.1, 0.15) is 5.75 Å². The van der Waals surface area contributed by atoms with E-state index in [2.05, 4.69) is 26.1 Å². The van der Waals surface area contributed by atoms with Crippen molar-refractivity contribution in [1.29, 1.82) is 0 Å². The van der Waals surface area contributed by atoms with E-state index in [1.165, 1.54) is 0 Å². The van der Waals surface area contributed by atoms with Gasteiger partial charge in [-0.1, -0.05) is 47.5 Å². The van der Waals surface area contributed by atoms with Crippen molar-refractivity contribution in [3.05, 3.63) is 58.1 Å². The second kappa shape index (κ2) is 6.69. The maximum absolute atomic E-state index is 6.29. The van der Waals surface area contributed by atoms with Crippen LogP contribution in [0.25, 0.3) is 0 Å². The Hall–Kier alpha value is -1.22. The quantitative estimate of drug-likeness (QED) is 0.782. The molecule has 0 aromatic heterocycles. The molecule has 0 fully saturated rings. The third kappa shape index (κ3) is 4.63. The number of nitrogens with one attached hydrogen (secondary N) is 1. The normalized spacial score (nSPS) is 11.5. The highest BCUT2D eigenvalue weighted by molar-refractivity contribution is 6.33. The summed E-state index contributed by atoms with van der Waals surface area (Å²) < 4.78 is 5.93. The number of para-hydroxylation sites is 2. The van der Waals surface area contributed by atoms with Crippen molar-refractivity contribution >= 4 is 23.2 Å². The molecule has 4 heteroatoms. The minimum Gasteiger partial charge on any atom is -0.454 e. The van der Waals surface area contributed by atoms with Gasteiger partial charge in [-0.05, 0) is 39.0 Å². The van der Waals surface area contributed by atoms with Gasteiger partial charge in [0.05, 0.1) is 10.0 Å². The molecule has 0 radical (unpaired) electrons. The van der Waals surface area contributed by atoms with Crippen molar-refractivity contribution in [2.45, 2.75) is 32.9 Å². The van der Waals surface area contributed by atoms with Crippen LogP contribution in [0, 0.1) is 0 Å². The van der Waals surface area contributed by atoms with Crippen LogP contribution in [0.2, 0.25) is 10.0 Å². The van der Waals surface area contributed by atoms with E-state index in [-0.39, 0.29) is 5.54 Å². The van der Waals surface area contributed by atoms with Crippen LogP contribution in [-0.4, -0.2) is 5.54 Å². The maximum Gasteiger partial charge on any atom is 0.150 e. The fourth-order valence-corrected chi connectivity index (χ4v) is 2.21. The Morgan fingerprint density at radius 3 is 2.29 bits per heavy atom. The highest BCUT2D eigenvalue weighted by Crippen LogP contribution is 2.36. The number of hydrogen-bond donors (Lipinski definition) is 1. The van der Waals surface area contributed by atoms with Gasteiger partial charge in [0, 0.05) is 17.6 Å². The van der Waals surface area contributed by atoms with Gasteiger partial charge in [0.15, 0.2) is 5.75 Å². The minimum atomic E-state index is 0.0178. The second-order valence-electron chi connectivity index (χ2n) is 5.86. The molecule has 0 saturated heterocycles. The molecule has 2 nitrogen and oxygen atoms in total. The Morgan fingerprint density at radius 2 is 1.62 bits per heavy atom. The third-order valence-corrected chi connectivity index (χ3v) is 3.52. The number of benzene rings is 2.